The third-order valence-electron chi connectivity index (χ3n) is 4.93. The van der Waals surface area contributed by atoms with E-state index in [1.807, 2.05) is 26.0 Å². The van der Waals surface area contributed by atoms with Gasteiger partial charge in [0.15, 0.2) is 0 Å². The number of aromatic nitrogens is 2. The van der Waals surface area contributed by atoms with Crippen molar-refractivity contribution < 1.29 is 23.7 Å². The third kappa shape index (κ3) is 4.79. The Morgan fingerprint density at radius 3 is 2.35 bits per heavy atom. The average molecular weight is 426 g/mol. The van der Waals surface area contributed by atoms with Crippen molar-refractivity contribution in [2.75, 3.05) is 27.9 Å². The van der Waals surface area contributed by atoms with E-state index in [2.05, 4.69) is 14.7 Å². The number of nitrogens with zero attached hydrogens (tertiary/aromatic N) is 1. The minimum Gasteiger partial charge on any atom is -0.497 e. The zero-order chi connectivity index (χ0) is 22.5. The Morgan fingerprint density at radius 2 is 1.74 bits per heavy atom. The molecule has 3 aromatic rings. The van der Waals surface area contributed by atoms with Crippen LogP contribution in [0.15, 0.2) is 29.1 Å². The first kappa shape index (κ1) is 22.1. The number of esters is 1. The van der Waals surface area contributed by atoms with Crippen LogP contribution in [-0.2, 0) is 9.53 Å². The Kier molecular flexibility index (Phi) is 6.79. The molecule has 0 fully saturated rings. The molecule has 0 aliphatic heterocycles. The van der Waals surface area contributed by atoms with Gasteiger partial charge in [-0.3, -0.25) is 9.59 Å². The van der Waals surface area contributed by atoms with Crippen molar-refractivity contribution in [2.45, 2.75) is 26.7 Å². The van der Waals surface area contributed by atoms with Crippen molar-refractivity contribution in [3.8, 4) is 28.6 Å². The van der Waals surface area contributed by atoms with Gasteiger partial charge in [-0.25, -0.2) is 4.98 Å². The summed E-state index contributed by atoms with van der Waals surface area (Å²) in [6.45, 7) is 4.26. The highest BCUT2D eigenvalue weighted by Crippen LogP contribution is 2.31. The number of carbonyl (C=O) groups is 1. The molecule has 3 rings (SSSR count). The number of aromatic amines is 1. The predicted octanol–water partition coefficient (Wildman–Crippen LogP) is 3.56. The summed E-state index contributed by atoms with van der Waals surface area (Å²) in [6.07, 6.45) is 0.873. The molecule has 31 heavy (non-hydrogen) atoms. The van der Waals surface area contributed by atoms with Gasteiger partial charge in [0.1, 0.15) is 28.5 Å². The molecule has 0 amide bonds. The Morgan fingerprint density at radius 1 is 1.03 bits per heavy atom. The Bertz CT molecular complexity index is 1150. The lowest BCUT2D eigenvalue weighted by molar-refractivity contribution is -0.140. The number of hydrogen-bond acceptors (Lipinski definition) is 7. The molecule has 0 spiro atoms. The highest BCUT2D eigenvalue weighted by molar-refractivity contribution is 5.87. The second-order valence-corrected chi connectivity index (χ2v) is 7.11. The van der Waals surface area contributed by atoms with Crippen molar-refractivity contribution >= 4 is 16.9 Å². The summed E-state index contributed by atoms with van der Waals surface area (Å²) >= 11 is 0. The van der Waals surface area contributed by atoms with Crippen LogP contribution in [0.25, 0.3) is 22.3 Å². The van der Waals surface area contributed by atoms with Crippen LogP contribution in [0, 0.1) is 13.8 Å². The van der Waals surface area contributed by atoms with Gasteiger partial charge in [0.05, 0.1) is 33.5 Å². The first-order valence-corrected chi connectivity index (χ1v) is 9.85. The number of hydrogen-bond donors (Lipinski definition) is 1. The Balaban J connectivity index is 1.94. The van der Waals surface area contributed by atoms with Crippen molar-refractivity contribution in [1.82, 2.24) is 9.97 Å². The van der Waals surface area contributed by atoms with Gasteiger partial charge in [-0.15, -0.1) is 0 Å². The number of benzene rings is 2. The highest BCUT2D eigenvalue weighted by Gasteiger charge is 2.15. The van der Waals surface area contributed by atoms with Crippen LogP contribution in [0.5, 0.6) is 17.2 Å². The molecule has 0 radical (unpaired) electrons. The summed E-state index contributed by atoms with van der Waals surface area (Å²) in [6, 6.07) is 7.17. The van der Waals surface area contributed by atoms with E-state index in [9.17, 15) is 9.59 Å². The average Bonchev–Trinajstić information content (AvgIpc) is 2.76. The van der Waals surface area contributed by atoms with Crippen LogP contribution in [0.4, 0.5) is 0 Å². The lowest BCUT2D eigenvalue weighted by Gasteiger charge is -2.14. The molecule has 0 aliphatic carbocycles. The number of H-pyrrole nitrogens is 1. The molecule has 0 saturated carbocycles. The summed E-state index contributed by atoms with van der Waals surface area (Å²) in [7, 11) is 4.41. The van der Waals surface area contributed by atoms with Gasteiger partial charge in [-0.05, 0) is 43.5 Å². The SMILES string of the molecule is COC(=O)CCCOc1c(C)cc(-c2nc3cc(OC)cc(OC)c3c(=O)[nH]2)cc1C. The van der Waals surface area contributed by atoms with E-state index in [4.69, 9.17) is 14.2 Å². The molecule has 0 bridgehead atoms. The van der Waals surface area contributed by atoms with Crippen LogP contribution >= 0.6 is 0 Å². The second kappa shape index (κ2) is 9.51. The number of carbonyl (C=O) groups excluding carboxylic acids is 1. The van der Waals surface area contributed by atoms with Crippen molar-refractivity contribution in [3.05, 3.63) is 45.7 Å². The molecule has 2 aromatic carbocycles. The molecule has 8 nitrogen and oxygen atoms in total. The third-order valence-corrected chi connectivity index (χ3v) is 4.93. The molecule has 1 heterocycles. The van der Waals surface area contributed by atoms with Gasteiger partial charge in [-0.2, -0.15) is 0 Å². The predicted molar refractivity (Wildman–Crippen MR) is 117 cm³/mol. The van der Waals surface area contributed by atoms with Crippen molar-refractivity contribution in [3.63, 3.8) is 0 Å². The van der Waals surface area contributed by atoms with E-state index in [1.165, 1.54) is 14.2 Å². The molecule has 0 atom stereocenters. The van der Waals surface area contributed by atoms with Crippen LogP contribution in [0.1, 0.15) is 24.0 Å². The maximum Gasteiger partial charge on any atom is 0.305 e. The van der Waals surface area contributed by atoms with E-state index < -0.39 is 0 Å². The second-order valence-electron chi connectivity index (χ2n) is 7.11. The fourth-order valence-electron chi connectivity index (χ4n) is 3.43. The largest absolute Gasteiger partial charge is 0.497 e. The highest BCUT2D eigenvalue weighted by atomic mass is 16.5. The molecule has 1 aromatic heterocycles. The summed E-state index contributed by atoms with van der Waals surface area (Å²) < 4.78 is 21.1. The lowest BCUT2D eigenvalue weighted by atomic mass is 10.0. The molecule has 164 valence electrons. The number of ether oxygens (including phenoxy) is 4. The lowest BCUT2D eigenvalue weighted by Crippen LogP contribution is -2.11. The smallest absolute Gasteiger partial charge is 0.305 e. The number of rotatable bonds is 8. The summed E-state index contributed by atoms with van der Waals surface area (Å²) in [5, 5.41) is 0.367. The monoisotopic (exact) mass is 426 g/mol. The molecule has 1 N–H and O–H groups in total. The number of aryl methyl sites for hydroxylation is 2. The zero-order valence-corrected chi connectivity index (χ0v) is 18.3. The van der Waals surface area contributed by atoms with Crippen LogP contribution in [0.2, 0.25) is 0 Å². The Hall–Kier alpha value is -3.55. The maximum absolute atomic E-state index is 12.8. The summed E-state index contributed by atoms with van der Waals surface area (Å²) in [5.41, 5.74) is 2.75. The van der Waals surface area contributed by atoms with Crippen LogP contribution in [-0.4, -0.2) is 43.9 Å². The first-order chi connectivity index (χ1) is 14.9. The van der Waals surface area contributed by atoms with E-state index in [1.54, 1.807) is 19.2 Å². The normalized spacial score (nSPS) is 10.7. The zero-order valence-electron chi connectivity index (χ0n) is 18.3. The quantitative estimate of drug-likeness (QED) is 0.434. The number of nitrogens with one attached hydrogen (secondary N) is 1. The van der Waals surface area contributed by atoms with Crippen LogP contribution in [0.3, 0.4) is 0 Å². The van der Waals surface area contributed by atoms with Gasteiger partial charge >= 0.3 is 5.97 Å². The molecule has 0 unspecified atom stereocenters. The van der Waals surface area contributed by atoms with Crippen molar-refractivity contribution in [1.29, 1.82) is 0 Å². The van der Waals surface area contributed by atoms with E-state index in [-0.39, 0.29) is 11.5 Å². The standard InChI is InChI=1S/C23H26N2O6/c1-13-9-15(10-14(2)21(13)31-8-6-7-19(26)30-5)22-24-17-11-16(28-3)12-18(29-4)20(17)23(27)25-22/h9-12H,6-8H2,1-5H3,(H,24,25,27). The molecule has 0 saturated heterocycles. The van der Waals surface area contributed by atoms with Gasteiger partial charge in [-0.1, -0.05) is 0 Å². The topological polar surface area (TPSA) is 99.7 Å². The summed E-state index contributed by atoms with van der Waals surface area (Å²) in [4.78, 5) is 31.5. The molecule has 8 heteroatoms. The molecule has 0 aliphatic rings. The fraction of sp³-hybridized carbons (Fsp3) is 0.348. The van der Waals surface area contributed by atoms with E-state index in [0.717, 1.165) is 22.4 Å². The molecular weight excluding hydrogens is 400 g/mol. The summed E-state index contributed by atoms with van der Waals surface area (Å²) in [5.74, 6) is 1.89. The maximum atomic E-state index is 12.8. The van der Waals surface area contributed by atoms with E-state index in [0.29, 0.717) is 47.7 Å². The van der Waals surface area contributed by atoms with Gasteiger partial charge in [0.2, 0.25) is 0 Å². The van der Waals surface area contributed by atoms with Crippen molar-refractivity contribution in [2.24, 2.45) is 0 Å². The van der Waals surface area contributed by atoms with Gasteiger partial charge in [0, 0.05) is 24.1 Å². The van der Waals surface area contributed by atoms with Gasteiger partial charge in [0.25, 0.3) is 5.56 Å². The minimum atomic E-state index is -0.294. The minimum absolute atomic E-state index is 0.257. The number of fused-ring (bicyclic) bond motifs is 1. The van der Waals surface area contributed by atoms with E-state index >= 15 is 0 Å². The fourth-order valence-corrected chi connectivity index (χ4v) is 3.43. The molecular formula is C23H26N2O6. The number of methoxy groups -OCH3 is 3. The van der Waals surface area contributed by atoms with Crippen LogP contribution < -0.4 is 19.8 Å². The van der Waals surface area contributed by atoms with Gasteiger partial charge < -0.3 is 23.9 Å². The first-order valence-electron chi connectivity index (χ1n) is 9.85. The Labute approximate surface area is 180 Å².